The van der Waals surface area contributed by atoms with E-state index in [1.165, 1.54) is 12.2 Å². The van der Waals surface area contributed by atoms with E-state index in [1.807, 2.05) is 13.8 Å². The lowest BCUT2D eigenvalue weighted by atomic mass is 9.44. The molecule has 0 amide bonds. The second-order valence-corrected chi connectivity index (χ2v) is 12.6. The summed E-state index contributed by atoms with van der Waals surface area (Å²) in [7, 11) is 0. The average molecular weight is 532 g/mol. The monoisotopic (exact) mass is 531 g/mol. The highest BCUT2D eigenvalue weighted by molar-refractivity contribution is 6.30. The predicted molar refractivity (Wildman–Crippen MR) is 137 cm³/mol. The molecule has 9 atom stereocenters. The summed E-state index contributed by atoms with van der Waals surface area (Å²) >= 11 is 5.96. The Hall–Kier alpha value is -2.06. The molecule has 0 unspecified atom stereocenters. The Labute approximate surface area is 221 Å². The number of fused-ring (bicyclic) bond motifs is 5. The number of alkyl halides is 1. The van der Waals surface area contributed by atoms with Crippen LogP contribution in [0.3, 0.4) is 0 Å². The summed E-state index contributed by atoms with van der Waals surface area (Å²) in [6.07, 6.45) is 4.03. The molecule has 0 bridgehead atoms. The van der Waals surface area contributed by atoms with Crippen LogP contribution >= 0.6 is 11.6 Å². The van der Waals surface area contributed by atoms with E-state index in [0.717, 1.165) is 10.6 Å². The molecule has 0 saturated heterocycles. The molecule has 0 spiro atoms. The second kappa shape index (κ2) is 9.01. The van der Waals surface area contributed by atoms with Crippen LogP contribution in [-0.2, 0) is 16.1 Å². The van der Waals surface area contributed by atoms with Gasteiger partial charge in [-0.2, -0.15) is 5.06 Å². The normalized spacial score (nSPS) is 42.7. The van der Waals surface area contributed by atoms with Crippen molar-refractivity contribution in [3.8, 4) is 0 Å². The van der Waals surface area contributed by atoms with Crippen LogP contribution in [0.4, 0.5) is 4.39 Å². The number of aliphatic hydroxyl groups is 1. The van der Waals surface area contributed by atoms with Gasteiger partial charge in [0.25, 0.3) is 0 Å². The Kier molecular flexibility index (Phi) is 6.46. The molecular weight excluding hydrogens is 497 g/mol. The van der Waals surface area contributed by atoms with E-state index in [4.69, 9.17) is 11.6 Å². The molecule has 3 N–H and O–H groups in total. The van der Waals surface area contributed by atoms with E-state index in [1.54, 1.807) is 37.3 Å². The molecule has 4 aliphatic rings. The lowest BCUT2D eigenvalue weighted by Crippen LogP contribution is -2.67. The number of hydrogen-bond acceptors (Lipinski definition) is 5. The van der Waals surface area contributed by atoms with Crippen LogP contribution in [0.2, 0.25) is 5.02 Å². The van der Waals surface area contributed by atoms with Crippen molar-refractivity contribution in [1.82, 2.24) is 5.06 Å². The average Bonchev–Trinajstić information content (AvgIpc) is 3.10. The second-order valence-electron chi connectivity index (χ2n) is 12.2. The lowest BCUT2D eigenvalue weighted by Gasteiger charge is -2.63. The van der Waals surface area contributed by atoms with E-state index in [2.05, 4.69) is 0 Å². The minimum atomic E-state index is -2.02. The first-order valence-electron chi connectivity index (χ1n) is 13.0. The van der Waals surface area contributed by atoms with Gasteiger partial charge >= 0.3 is 5.97 Å². The molecule has 8 heteroatoms. The SMILES string of the molecule is C[C@H]1C[C@H]2[C@@H]3C[C@@H](CN(O)Cc4ccc(Cl)cc4)[C@H](C(=O)O)[C@@]3(C)C[C@H](O)[C@]2(F)[C@@]2(C)C=CC(=O)C=C12. The highest BCUT2D eigenvalue weighted by Crippen LogP contribution is 2.70. The lowest BCUT2D eigenvalue weighted by molar-refractivity contribution is -0.203. The summed E-state index contributed by atoms with van der Waals surface area (Å²) in [5.41, 5.74) is -2.45. The van der Waals surface area contributed by atoms with Crippen molar-refractivity contribution in [3.63, 3.8) is 0 Å². The van der Waals surface area contributed by atoms with Gasteiger partial charge in [-0.25, -0.2) is 4.39 Å². The first-order valence-corrected chi connectivity index (χ1v) is 13.4. The van der Waals surface area contributed by atoms with Crippen LogP contribution in [0.25, 0.3) is 0 Å². The zero-order valence-corrected chi connectivity index (χ0v) is 22.2. The molecule has 1 aromatic rings. The van der Waals surface area contributed by atoms with Crippen LogP contribution in [0, 0.1) is 40.4 Å². The van der Waals surface area contributed by atoms with E-state index in [-0.39, 0.29) is 37.1 Å². The fourth-order valence-electron chi connectivity index (χ4n) is 8.58. The molecule has 1 aromatic carbocycles. The summed E-state index contributed by atoms with van der Waals surface area (Å²) in [6.45, 7) is 5.96. The molecule has 3 fully saturated rings. The number of halogens is 2. The largest absolute Gasteiger partial charge is 0.481 e. The first kappa shape index (κ1) is 26.5. The van der Waals surface area contributed by atoms with Crippen molar-refractivity contribution in [1.29, 1.82) is 0 Å². The molecule has 4 aliphatic carbocycles. The summed E-state index contributed by atoms with van der Waals surface area (Å²) in [5, 5.41) is 34.3. The summed E-state index contributed by atoms with van der Waals surface area (Å²) in [6, 6.07) is 7.08. The van der Waals surface area contributed by atoms with Crippen LogP contribution in [0.15, 0.2) is 48.1 Å². The number of allylic oxidation sites excluding steroid dienone is 4. The van der Waals surface area contributed by atoms with Crippen molar-refractivity contribution in [2.45, 2.75) is 58.4 Å². The fraction of sp³-hybridized carbons (Fsp3) is 0.586. The summed E-state index contributed by atoms with van der Waals surface area (Å²) < 4.78 is 17.4. The van der Waals surface area contributed by atoms with E-state index < -0.39 is 46.3 Å². The van der Waals surface area contributed by atoms with Crippen molar-refractivity contribution in [2.24, 2.45) is 40.4 Å². The van der Waals surface area contributed by atoms with Crippen LogP contribution in [0.1, 0.15) is 45.6 Å². The molecule has 0 aromatic heterocycles. The molecular formula is C29H35ClFNO5. The molecule has 37 heavy (non-hydrogen) atoms. The maximum atomic E-state index is 17.4. The Bertz CT molecular complexity index is 1170. The quantitative estimate of drug-likeness (QED) is 0.459. The van der Waals surface area contributed by atoms with Gasteiger partial charge < -0.3 is 15.4 Å². The van der Waals surface area contributed by atoms with Crippen molar-refractivity contribution < 1.29 is 29.4 Å². The van der Waals surface area contributed by atoms with Gasteiger partial charge in [0.1, 0.15) is 0 Å². The molecule has 6 nitrogen and oxygen atoms in total. The predicted octanol–water partition coefficient (Wildman–Crippen LogP) is 5.07. The smallest absolute Gasteiger partial charge is 0.307 e. The van der Waals surface area contributed by atoms with Crippen molar-refractivity contribution >= 4 is 23.4 Å². The van der Waals surface area contributed by atoms with Gasteiger partial charge in [0.15, 0.2) is 11.5 Å². The number of hydroxylamine groups is 2. The third-order valence-corrected chi connectivity index (χ3v) is 10.4. The third-order valence-electron chi connectivity index (χ3n) is 10.1. The van der Waals surface area contributed by atoms with Crippen molar-refractivity contribution in [2.75, 3.05) is 6.54 Å². The first-order chi connectivity index (χ1) is 17.3. The van der Waals surface area contributed by atoms with Gasteiger partial charge in [0, 0.05) is 29.4 Å². The number of ketones is 1. The number of carboxylic acid groups (broad SMARTS) is 1. The van der Waals surface area contributed by atoms with Crippen molar-refractivity contribution in [3.05, 3.63) is 58.7 Å². The molecule has 5 rings (SSSR count). The maximum Gasteiger partial charge on any atom is 0.307 e. The number of rotatable bonds is 5. The van der Waals surface area contributed by atoms with Gasteiger partial charge in [0.2, 0.25) is 0 Å². The highest BCUT2D eigenvalue weighted by Gasteiger charge is 2.73. The standard InChI is InChI=1S/C29H35ClFNO5/c1-16-10-23-22-11-18(15-32(37)14-17-4-6-19(30)7-5-17)25(26(35)36)27(22,2)13-24(34)29(23,31)28(3)9-8-20(33)12-21(16)28/h4-9,12,16,18,22-25,34,37H,10-11,13-15H2,1-3H3,(H,35,36)/t16-,18-,22-,23-,24-,25+,27-,28-,29-/m0/s1. The Morgan fingerprint density at radius 1 is 1.19 bits per heavy atom. The molecule has 200 valence electrons. The van der Waals surface area contributed by atoms with Gasteiger partial charge in [-0.15, -0.1) is 0 Å². The Balaban J connectivity index is 1.47. The van der Waals surface area contributed by atoms with E-state index in [0.29, 0.717) is 23.4 Å². The maximum absolute atomic E-state index is 17.4. The molecule has 0 aliphatic heterocycles. The van der Waals surface area contributed by atoms with Gasteiger partial charge in [0.05, 0.1) is 12.0 Å². The van der Waals surface area contributed by atoms with Gasteiger partial charge in [-0.3, -0.25) is 9.59 Å². The number of benzene rings is 1. The summed E-state index contributed by atoms with van der Waals surface area (Å²) in [4.78, 5) is 24.8. The topological polar surface area (TPSA) is 98.1 Å². The number of nitrogens with zero attached hydrogens (tertiary/aromatic N) is 1. The molecule has 0 radical (unpaired) electrons. The van der Waals surface area contributed by atoms with E-state index in [9.17, 15) is 25.0 Å². The summed E-state index contributed by atoms with van der Waals surface area (Å²) in [5.74, 6) is -3.35. The number of carbonyl (C=O) groups excluding carboxylic acids is 1. The Morgan fingerprint density at radius 2 is 1.86 bits per heavy atom. The van der Waals surface area contributed by atoms with E-state index >= 15 is 4.39 Å². The number of carbonyl (C=O) groups is 2. The molecule has 0 heterocycles. The number of hydrogen-bond donors (Lipinski definition) is 3. The zero-order valence-electron chi connectivity index (χ0n) is 21.4. The van der Waals surface area contributed by atoms with Crippen LogP contribution < -0.4 is 0 Å². The highest BCUT2D eigenvalue weighted by atomic mass is 35.5. The molecule has 3 saturated carbocycles. The van der Waals surface area contributed by atoms with Crippen LogP contribution in [0.5, 0.6) is 0 Å². The number of aliphatic carboxylic acids is 1. The number of aliphatic hydroxyl groups excluding tert-OH is 1. The minimum absolute atomic E-state index is 0.0137. The number of carboxylic acids is 1. The zero-order chi connectivity index (χ0) is 26.9. The Morgan fingerprint density at radius 3 is 2.51 bits per heavy atom. The fourth-order valence-corrected chi connectivity index (χ4v) is 8.71. The van der Waals surface area contributed by atoms with Gasteiger partial charge in [-0.05, 0) is 79.2 Å². The third kappa shape index (κ3) is 3.92. The van der Waals surface area contributed by atoms with Crippen LogP contribution in [-0.4, -0.2) is 50.6 Å². The minimum Gasteiger partial charge on any atom is -0.481 e. The van der Waals surface area contributed by atoms with Gasteiger partial charge in [-0.1, -0.05) is 49.2 Å².